The van der Waals surface area contributed by atoms with Crippen LogP contribution in [0.1, 0.15) is 47.5 Å². The summed E-state index contributed by atoms with van der Waals surface area (Å²) in [5.41, 5.74) is 9.38. The van der Waals surface area contributed by atoms with E-state index in [0.29, 0.717) is 5.54 Å². The van der Waals surface area contributed by atoms with Gasteiger partial charge >= 0.3 is 0 Å². The van der Waals surface area contributed by atoms with Crippen molar-refractivity contribution in [3.63, 3.8) is 0 Å². The Kier molecular flexibility index (Phi) is 4.29. The molecule has 20 heavy (non-hydrogen) atoms. The van der Waals surface area contributed by atoms with Crippen molar-refractivity contribution in [2.75, 3.05) is 0 Å². The molecule has 0 aromatic carbocycles. The highest BCUT2D eigenvalue weighted by Crippen LogP contribution is 2.51. The molecule has 2 rings (SSSR count). The average Bonchev–Trinajstić information content (AvgIpc) is 2.92. The molecule has 1 unspecified atom stereocenters. The van der Waals surface area contributed by atoms with Crippen molar-refractivity contribution in [1.29, 1.82) is 0 Å². The Balaban J connectivity index is 2.32. The summed E-state index contributed by atoms with van der Waals surface area (Å²) in [6.07, 6.45) is 9.93. The summed E-state index contributed by atoms with van der Waals surface area (Å²) < 4.78 is 0. The van der Waals surface area contributed by atoms with E-state index in [4.69, 9.17) is 0 Å². The number of hydrogen-bond donors (Lipinski definition) is 0. The molecule has 0 N–H and O–H groups in total. The average molecular weight is 287 g/mol. The van der Waals surface area contributed by atoms with Crippen molar-refractivity contribution in [2.45, 2.75) is 71.6 Å². The van der Waals surface area contributed by atoms with Crippen molar-refractivity contribution in [2.24, 2.45) is 0 Å². The second-order valence-corrected chi connectivity index (χ2v) is 12.1. The summed E-state index contributed by atoms with van der Waals surface area (Å²) in [4.78, 5) is 0. The SMILES string of the molecule is CCCC1=CC([Si](C)(C)C2C(C)=C(C)C(C)=C2C)C=C1. The zero-order chi connectivity index (χ0) is 15.1. The zero-order valence-corrected chi connectivity index (χ0v) is 15.3. The molecule has 0 saturated heterocycles. The summed E-state index contributed by atoms with van der Waals surface area (Å²) in [5, 5.41) is 0. The van der Waals surface area contributed by atoms with Crippen molar-refractivity contribution in [3.8, 4) is 0 Å². The van der Waals surface area contributed by atoms with E-state index in [1.807, 2.05) is 0 Å². The predicted molar refractivity (Wildman–Crippen MR) is 93.9 cm³/mol. The molecule has 0 saturated carbocycles. The van der Waals surface area contributed by atoms with Crippen LogP contribution in [0.25, 0.3) is 0 Å². The minimum atomic E-state index is -1.40. The second-order valence-electron chi connectivity index (χ2n) is 7.25. The van der Waals surface area contributed by atoms with E-state index in [1.54, 1.807) is 27.9 Å². The largest absolute Gasteiger partial charge is 0.0800 e. The smallest absolute Gasteiger partial charge is 0.0706 e. The van der Waals surface area contributed by atoms with Crippen molar-refractivity contribution < 1.29 is 0 Å². The molecule has 110 valence electrons. The van der Waals surface area contributed by atoms with E-state index in [9.17, 15) is 0 Å². The topological polar surface area (TPSA) is 0 Å². The van der Waals surface area contributed by atoms with Gasteiger partial charge in [-0.3, -0.25) is 0 Å². The molecule has 0 radical (unpaired) electrons. The number of rotatable bonds is 4. The van der Waals surface area contributed by atoms with Crippen LogP contribution in [-0.2, 0) is 0 Å². The maximum Gasteiger partial charge on any atom is 0.0706 e. The third-order valence-electron chi connectivity index (χ3n) is 5.66. The molecule has 0 aromatic heterocycles. The van der Waals surface area contributed by atoms with E-state index >= 15 is 0 Å². The summed E-state index contributed by atoms with van der Waals surface area (Å²) in [6, 6.07) is 0. The standard InChI is InChI=1S/C19H30Si/c1-8-9-17-10-11-18(12-17)20(6,7)19-15(4)13(2)14(3)16(19)5/h10-12,18-19H,8-9H2,1-7H3. The van der Waals surface area contributed by atoms with Gasteiger partial charge in [0.2, 0.25) is 0 Å². The molecule has 2 aliphatic rings. The van der Waals surface area contributed by atoms with Crippen LogP contribution in [0.2, 0.25) is 24.2 Å². The summed E-state index contributed by atoms with van der Waals surface area (Å²) in [7, 11) is -1.40. The summed E-state index contributed by atoms with van der Waals surface area (Å²) in [6.45, 7) is 16.8. The summed E-state index contributed by atoms with van der Waals surface area (Å²) >= 11 is 0. The Bertz CT molecular complexity index is 502. The lowest BCUT2D eigenvalue weighted by Crippen LogP contribution is -2.37. The first-order valence-corrected chi connectivity index (χ1v) is 11.2. The van der Waals surface area contributed by atoms with Crippen LogP contribution in [0.5, 0.6) is 0 Å². The third-order valence-corrected chi connectivity index (χ3v) is 10.1. The lowest BCUT2D eigenvalue weighted by molar-refractivity contribution is 0.926. The first-order valence-electron chi connectivity index (χ1n) is 8.04. The molecule has 2 aliphatic carbocycles. The third kappa shape index (κ3) is 2.41. The van der Waals surface area contributed by atoms with Gasteiger partial charge < -0.3 is 0 Å². The Hall–Kier alpha value is -0.823. The zero-order valence-electron chi connectivity index (χ0n) is 14.3. The predicted octanol–water partition coefficient (Wildman–Crippen LogP) is 6.42. The van der Waals surface area contributed by atoms with Crippen molar-refractivity contribution >= 4 is 8.07 Å². The highest BCUT2D eigenvalue weighted by molar-refractivity contribution is 6.82. The van der Waals surface area contributed by atoms with Gasteiger partial charge in [0.1, 0.15) is 0 Å². The van der Waals surface area contributed by atoms with Crippen LogP contribution >= 0.6 is 0 Å². The minimum absolute atomic E-state index is 0.706. The summed E-state index contributed by atoms with van der Waals surface area (Å²) in [5.74, 6) is 0. The molecule has 0 aliphatic heterocycles. The van der Waals surface area contributed by atoms with E-state index in [1.165, 1.54) is 12.8 Å². The lowest BCUT2D eigenvalue weighted by atomic mass is 10.1. The first kappa shape index (κ1) is 15.6. The van der Waals surface area contributed by atoms with Crippen LogP contribution in [0, 0.1) is 0 Å². The Labute approximate surface area is 126 Å². The Morgan fingerprint density at radius 2 is 1.55 bits per heavy atom. The minimum Gasteiger partial charge on any atom is -0.0800 e. The molecule has 0 amide bonds. The van der Waals surface area contributed by atoms with Gasteiger partial charge in [-0.25, -0.2) is 0 Å². The Morgan fingerprint density at radius 1 is 1.00 bits per heavy atom. The normalized spacial score (nSPS) is 24.1. The molecule has 0 aromatic rings. The van der Waals surface area contributed by atoms with Crippen LogP contribution in [0.4, 0.5) is 0 Å². The van der Waals surface area contributed by atoms with Gasteiger partial charge in [0, 0.05) is 0 Å². The van der Waals surface area contributed by atoms with Gasteiger partial charge in [-0.05, 0) is 56.3 Å². The number of hydrogen-bond acceptors (Lipinski definition) is 0. The fraction of sp³-hybridized carbons (Fsp3) is 0.579. The fourth-order valence-corrected chi connectivity index (χ4v) is 8.43. The maximum atomic E-state index is 2.58. The molecule has 0 nitrogen and oxygen atoms in total. The highest BCUT2D eigenvalue weighted by atomic mass is 28.3. The van der Waals surface area contributed by atoms with Gasteiger partial charge in [0.05, 0.1) is 8.07 Å². The van der Waals surface area contributed by atoms with E-state index < -0.39 is 8.07 Å². The van der Waals surface area contributed by atoms with Crippen molar-refractivity contribution in [3.05, 3.63) is 46.1 Å². The molecule has 0 spiro atoms. The molecule has 0 fully saturated rings. The van der Waals surface area contributed by atoms with Gasteiger partial charge in [-0.1, -0.05) is 61.4 Å². The van der Waals surface area contributed by atoms with Crippen LogP contribution in [0.3, 0.4) is 0 Å². The number of allylic oxidation sites excluding steroid dienone is 8. The lowest BCUT2D eigenvalue weighted by Gasteiger charge is -2.36. The van der Waals surface area contributed by atoms with Crippen LogP contribution in [0.15, 0.2) is 46.1 Å². The van der Waals surface area contributed by atoms with Gasteiger partial charge in [0.25, 0.3) is 0 Å². The second kappa shape index (κ2) is 5.52. The molecular formula is C19H30Si. The van der Waals surface area contributed by atoms with E-state index in [0.717, 1.165) is 5.54 Å². The van der Waals surface area contributed by atoms with Crippen molar-refractivity contribution in [1.82, 2.24) is 0 Å². The quantitative estimate of drug-likeness (QED) is 0.523. The highest BCUT2D eigenvalue weighted by Gasteiger charge is 2.43. The maximum absolute atomic E-state index is 2.58. The fourth-order valence-electron chi connectivity index (χ4n) is 4.14. The molecule has 0 heterocycles. The van der Waals surface area contributed by atoms with Crippen LogP contribution in [-0.4, -0.2) is 8.07 Å². The Morgan fingerprint density at radius 3 is 2.05 bits per heavy atom. The molecule has 0 bridgehead atoms. The first-order chi connectivity index (χ1) is 9.30. The molecule has 1 heteroatoms. The molecular weight excluding hydrogens is 256 g/mol. The van der Waals surface area contributed by atoms with E-state index in [-0.39, 0.29) is 0 Å². The monoisotopic (exact) mass is 286 g/mol. The van der Waals surface area contributed by atoms with Crippen LogP contribution < -0.4 is 0 Å². The van der Waals surface area contributed by atoms with Gasteiger partial charge in [0.15, 0.2) is 0 Å². The van der Waals surface area contributed by atoms with Gasteiger partial charge in [-0.2, -0.15) is 0 Å². The van der Waals surface area contributed by atoms with E-state index in [2.05, 4.69) is 65.9 Å². The molecule has 1 atom stereocenters. The van der Waals surface area contributed by atoms with Gasteiger partial charge in [-0.15, -0.1) is 0 Å².